The predicted molar refractivity (Wildman–Crippen MR) is 150 cm³/mol. The number of aromatic hydroxyl groups is 1. The van der Waals surface area contributed by atoms with Crippen LogP contribution >= 0.6 is 11.6 Å². The first-order valence-electron chi connectivity index (χ1n) is 12.3. The van der Waals surface area contributed by atoms with Gasteiger partial charge in [-0.3, -0.25) is 9.59 Å². The number of nitrogens with two attached hydrogens (primary N) is 1. The van der Waals surface area contributed by atoms with E-state index in [1.165, 1.54) is 0 Å². The third kappa shape index (κ3) is 3.96. The van der Waals surface area contributed by atoms with E-state index < -0.39 is 0 Å². The number of benzene rings is 3. The molecule has 8 heteroatoms. The third-order valence-corrected chi connectivity index (χ3v) is 7.63. The van der Waals surface area contributed by atoms with Crippen LogP contribution in [0.25, 0.3) is 21.8 Å². The number of aromatic amines is 1. The maximum absolute atomic E-state index is 13.7. The van der Waals surface area contributed by atoms with E-state index in [1.807, 2.05) is 31.2 Å². The van der Waals surface area contributed by atoms with Crippen molar-refractivity contribution in [3.63, 3.8) is 0 Å². The van der Waals surface area contributed by atoms with E-state index in [1.54, 1.807) is 47.5 Å². The number of H-pyrrole nitrogens is 1. The standard InChI is InChI=1S/C30H25ClN4O3/c1-16-3-2-4-22-26(37)12-24-28(27(16)22)20(13-31)15-35(24)30(38)23-11-19-9-17(14-33-29(19)34-23)10-25(36)18-5-7-21(32)8-6-18/h2-9,11-12,14,20,37H,10,13,15,32H2,1H3,(H,33,34)/t20-/m1/s1. The zero-order valence-corrected chi connectivity index (χ0v) is 21.4. The van der Waals surface area contributed by atoms with E-state index in [9.17, 15) is 14.7 Å². The number of hydrogen-bond donors (Lipinski definition) is 3. The van der Waals surface area contributed by atoms with Crippen molar-refractivity contribution in [2.75, 3.05) is 23.1 Å². The molecule has 0 radical (unpaired) electrons. The minimum Gasteiger partial charge on any atom is -0.507 e. The molecule has 3 heterocycles. The predicted octanol–water partition coefficient (Wildman–Crippen LogP) is 5.72. The molecule has 0 bridgehead atoms. The number of amides is 1. The molecule has 1 aliphatic rings. The number of alkyl halides is 1. The highest BCUT2D eigenvalue weighted by Crippen LogP contribution is 2.46. The van der Waals surface area contributed by atoms with Gasteiger partial charge in [0.15, 0.2) is 5.78 Å². The minimum absolute atomic E-state index is 0.0406. The molecule has 2 aromatic heterocycles. The van der Waals surface area contributed by atoms with Gasteiger partial charge in [-0.2, -0.15) is 0 Å². The number of nitrogen functional groups attached to an aromatic ring is 1. The van der Waals surface area contributed by atoms with Crippen molar-refractivity contribution >= 4 is 56.5 Å². The van der Waals surface area contributed by atoms with Crippen molar-refractivity contribution in [1.29, 1.82) is 0 Å². The number of nitrogens with one attached hydrogen (secondary N) is 1. The number of aromatic nitrogens is 2. The molecule has 7 nitrogen and oxygen atoms in total. The summed E-state index contributed by atoms with van der Waals surface area (Å²) in [4.78, 5) is 35.7. The number of fused-ring (bicyclic) bond motifs is 4. The number of nitrogens with zero attached hydrogens (tertiary/aromatic N) is 2. The topological polar surface area (TPSA) is 112 Å². The van der Waals surface area contributed by atoms with Gasteiger partial charge in [-0.25, -0.2) is 4.98 Å². The summed E-state index contributed by atoms with van der Waals surface area (Å²) in [6, 6.07) is 17.9. The summed E-state index contributed by atoms with van der Waals surface area (Å²) in [6.07, 6.45) is 1.83. The SMILES string of the molecule is Cc1cccc2c(O)cc3c(c12)[C@H](CCl)CN3C(=O)c1cc2cc(CC(=O)c3ccc(N)cc3)cnc2[nH]1. The molecule has 1 atom stereocenters. The highest BCUT2D eigenvalue weighted by Gasteiger charge is 2.35. The van der Waals surface area contributed by atoms with Crippen LogP contribution < -0.4 is 10.6 Å². The number of rotatable bonds is 5. The van der Waals surface area contributed by atoms with Crippen LogP contribution in [0.4, 0.5) is 11.4 Å². The first-order chi connectivity index (χ1) is 18.3. The van der Waals surface area contributed by atoms with Crippen LogP contribution in [0.2, 0.25) is 0 Å². The molecule has 0 saturated heterocycles. The summed E-state index contributed by atoms with van der Waals surface area (Å²) in [5.41, 5.74) is 11.3. The summed E-state index contributed by atoms with van der Waals surface area (Å²) >= 11 is 6.37. The number of carbonyl (C=O) groups is 2. The Hall–Kier alpha value is -4.36. The second-order valence-electron chi connectivity index (χ2n) is 9.78. The van der Waals surface area contributed by atoms with Crippen molar-refractivity contribution in [1.82, 2.24) is 9.97 Å². The fraction of sp³-hybridized carbons (Fsp3) is 0.167. The number of hydrogen-bond acceptors (Lipinski definition) is 5. The minimum atomic E-state index is -0.233. The number of pyridine rings is 1. The molecule has 5 aromatic rings. The number of phenols is 1. The molecule has 0 fully saturated rings. The lowest BCUT2D eigenvalue weighted by Crippen LogP contribution is -2.30. The highest BCUT2D eigenvalue weighted by atomic mass is 35.5. The molecule has 38 heavy (non-hydrogen) atoms. The smallest absolute Gasteiger partial charge is 0.274 e. The van der Waals surface area contributed by atoms with Crippen molar-refractivity contribution in [3.8, 4) is 5.75 Å². The van der Waals surface area contributed by atoms with Gasteiger partial charge in [0, 0.05) is 59.0 Å². The number of anilines is 2. The largest absolute Gasteiger partial charge is 0.507 e. The lowest BCUT2D eigenvalue weighted by Gasteiger charge is -2.18. The van der Waals surface area contributed by atoms with Gasteiger partial charge >= 0.3 is 0 Å². The van der Waals surface area contributed by atoms with Crippen LogP contribution in [0.3, 0.4) is 0 Å². The van der Waals surface area contributed by atoms with E-state index in [2.05, 4.69) is 9.97 Å². The average Bonchev–Trinajstić information content (AvgIpc) is 3.50. The summed E-state index contributed by atoms with van der Waals surface area (Å²) < 4.78 is 0. The van der Waals surface area contributed by atoms with Crippen molar-refractivity contribution in [2.24, 2.45) is 0 Å². The zero-order valence-electron chi connectivity index (χ0n) is 20.7. The Morgan fingerprint density at radius 1 is 1.16 bits per heavy atom. The molecule has 0 saturated carbocycles. The van der Waals surface area contributed by atoms with E-state index in [4.69, 9.17) is 17.3 Å². The molecule has 190 valence electrons. The van der Waals surface area contributed by atoms with Crippen molar-refractivity contribution < 1.29 is 14.7 Å². The highest BCUT2D eigenvalue weighted by molar-refractivity contribution is 6.19. The molecular formula is C30H25ClN4O3. The molecular weight excluding hydrogens is 500 g/mol. The summed E-state index contributed by atoms with van der Waals surface area (Å²) in [7, 11) is 0. The quantitative estimate of drug-likeness (QED) is 0.155. The summed E-state index contributed by atoms with van der Waals surface area (Å²) in [5.74, 6) is 0.146. The molecule has 4 N–H and O–H groups in total. The number of aryl methyl sites for hydroxylation is 1. The van der Waals surface area contributed by atoms with Crippen LogP contribution in [0.5, 0.6) is 5.75 Å². The van der Waals surface area contributed by atoms with E-state index in [0.717, 1.165) is 32.8 Å². The van der Waals surface area contributed by atoms with E-state index in [-0.39, 0.29) is 29.8 Å². The molecule has 3 aromatic carbocycles. The van der Waals surface area contributed by atoms with Gasteiger partial charge in [0.25, 0.3) is 5.91 Å². The van der Waals surface area contributed by atoms with Gasteiger partial charge in [-0.15, -0.1) is 11.6 Å². The Morgan fingerprint density at radius 3 is 2.71 bits per heavy atom. The number of Topliss-reactive ketones (excluding diaryl/α,β-unsaturated/α-hetero) is 1. The Kier molecular flexibility index (Phi) is 5.80. The van der Waals surface area contributed by atoms with Crippen LogP contribution in [-0.2, 0) is 6.42 Å². The average molecular weight is 525 g/mol. The van der Waals surface area contributed by atoms with E-state index in [0.29, 0.717) is 40.7 Å². The normalized spacial score (nSPS) is 14.8. The number of halogens is 1. The van der Waals surface area contributed by atoms with Gasteiger partial charge in [-0.1, -0.05) is 18.2 Å². The first-order valence-corrected chi connectivity index (χ1v) is 12.9. The number of phenolic OH excluding ortho intramolecular Hbond substituents is 1. The lowest BCUT2D eigenvalue weighted by molar-refractivity contribution is 0.0979. The van der Waals surface area contributed by atoms with Crippen molar-refractivity contribution in [3.05, 3.63) is 94.8 Å². The van der Waals surface area contributed by atoms with E-state index >= 15 is 0 Å². The summed E-state index contributed by atoms with van der Waals surface area (Å²) in [5, 5.41) is 13.2. The molecule has 1 amide bonds. The van der Waals surface area contributed by atoms with Gasteiger partial charge in [0.2, 0.25) is 0 Å². The fourth-order valence-electron chi connectivity index (χ4n) is 5.39. The summed E-state index contributed by atoms with van der Waals surface area (Å²) in [6.45, 7) is 2.41. The molecule has 0 unspecified atom stereocenters. The monoisotopic (exact) mass is 524 g/mol. The van der Waals surface area contributed by atoms with Crippen molar-refractivity contribution in [2.45, 2.75) is 19.3 Å². The van der Waals surface area contributed by atoms with Crippen LogP contribution in [0.15, 0.2) is 66.9 Å². The molecule has 6 rings (SSSR count). The maximum Gasteiger partial charge on any atom is 0.274 e. The Labute approximate surface area is 223 Å². The maximum atomic E-state index is 13.7. The lowest BCUT2D eigenvalue weighted by atomic mass is 9.92. The fourth-order valence-corrected chi connectivity index (χ4v) is 5.64. The number of carbonyl (C=O) groups excluding carboxylic acids is 2. The van der Waals surface area contributed by atoms with Crippen LogP contribution in [0, 0.1) is 6.92 Å². The second kappa shape index (κ2) is 9.19. The molecule has 0 aliphatic carbocycles. The second-order valence-corrected chi connectivity index (χ2v) is 10.1. The van der Waals surface area contributed by atoms with Gasteiger partial charge < -0.3 is 20.7 Å². The third-order valence-electron chi connectivity index (χ3n) is 7.26. The number of ketones is 1. The van der Waals surface area contributed by atoms with Crippen LogP contribution in [-0.4, -0.2) is 39.2 Å². The Morgan fingerprint density at radius 2 is 1.95 bits per heavy atom. The van der Waals surface area contributed by atoms with Gasteiger partial charge in [0.05, 0.1) is 5.69 Å². The molecule has 1 aliphatic heterocycles. The van der Waals surface area contributed by atoms with Gasteiger partial charge in [-0.05, 0) is 65.4 Å². The van der Waals surface area contributed by atoms with Gasteiger partial charge in [0.1, 0.15) is 17.1 Å². The Bertz CT molecular complexity index is 1740. The first kappa shape index (κ1) is 24.0. The Balaban J connectivity index is 1.33. The zero-order chi connectivity index (χ0) is 26.6. The van der Waals surface area contributed by atoms with Crippen LogP contribution in [0.1, 0.15) is 43.5 Å². The molecule has 0 spiro atoms.